The lowest BCUT2D eigenvalue weighted by atomic mass is 10.0. The molecule has 0 aliphatic carbocycles. The molecule has 0 bridgehead atoms. The van der Waals surface area contributed by atoms with Crippen molar-refractivity contribution in [3.63, 3.8) is 0 Å². The van der Waals surface area contributed by atoms with Crippen LogP contribution >= 0.6 is 50.1 Å². The lowest BCUT2D eigenvalue weighted by molar-refractivity contribution is 0.178. The normalized spacial score (nSPS) is 12.4. The highest BCUT2D eigenvalue weighted by atomic mass is 127. The first-order chi connectivity index (χ1) is 8.56. The number of aliphatic hydroxyl groups is 1. The SMILES string of the molecule is OC(Cc1ccc(I)cc1)c1ccc(Cl)c(Br)c1. The van der Waals surface area contributed by atoms with Crippen LogP contribution in [0, 0.1) is 3.57 Å². The molecule has 1 N–H and O–H groups in total. The molecule has 1 nitrogen and oxygen atoms in total. The minimum absolute atomic E-state index is 0.515. The first kappa shape index (κ1) is 14.3. The molecule has 4 heteroatoms. The highest BCUT2D eigenvalue weighted by Gasteiger charge is 2.10. The van der Waals surface area contributed by atoms with Crippen molar-refractivity contribution in [1.82, 2.24) is 0 Å². The van der Waals surface area contributed by atoms with Crippen LogP contribution in [0.5, 0.6) is 0 Å². The summed E-state index contributed by atoms with van der Waals surface area (Å²) in [6, 6.07) is 13.7. The second-order valence-corrected chi connectivity index (χ2v) is 6.53. The van der Waals surface area contributed by atoms with E-state index in [2.05, 4.69) is 38.5 Å². The van der Waals surface area contributed by atoms with Gasteiger partial charge >= 0.3 is 0 Å². The Balaban J connectivity index is 2.13. The Labute approximate surface area is 133 Å². The third kappa shape index (κ3) is 3.70. The zero-order valence-corrected chi connectivity index (χ0v) is 13.9. The first-order valence-corrected chi connectivity index (χ1v) is 7.68. The van der Waals surface area contributed by atoms with E-state index in [1.54, 1.807) is 6.07 Å². The van der Waals surface area contributed by atoms with Crippen LogP contribution in [0.25, 0.3) is 0 Å². The van der Waals surface area contributed by atoms with Gasteiger partial charge in [-0.1, -0.05) is 29.8 Å². The van der Waals surface area contributed by atoms with E-state index in [0.29, 0.717) is 11.4 Å². The molecule has 2 aromatic carbocycles. The second-order valence-electron chi connectivity index (χ2n) is 4.02. The number of benzene rings is 2. The average Bonchev–Trinajstić information content (AvgIpc) is 2.35. The molecule has 0 spiro atoms. The number of rotatable bonds is 3. The summed E-state index contributed by atoms with van der Waals surface area (Å²) in [4.78, 5) is 0. The van der Waals surface area contributed by atoms with Gasteiger partial charge in [0.15, 0.2) is 0 Å². The van der Waals surface area contributed by atoms with Gasteiger partial charge in [-0.2, -0.15) is 0 Å². The maximum atomic E-state index is 10.2. The van der Waals surface area contributed by atoms with Crippen LogP contribution in [-0.4, -0.2) is 5.11 Å². The lowest BCUT2D eigenvalue weighted by Crippen LogP contribution is -2.01. The summed E-state index contributed by atoms with van der Waals surface area (Å²) in [7, 11) is 0. The molecule has 18 heavy (non-hydrogen) atoms. The predicted molar refractivity (Wildman–Crippen MR) is 87.0 cm³/mol. The van der Waals surface area contributed by atoms with Crippen LogP contribution in [0.1, 0.15) is 17.2 Å². The van der Waals surface area contributed by atoms with Crippen molar-refractivity contribution >= 4 is 50.1 Å². The molecule has 2 aromatic rings. The Hall–Kier alpha value is -0.100. The van der Waals surface area contributed by atoms with Gasteiger partial charge in [0, 0.05) is 14.5 Å². The Morgan fingerprint density at radius 3 is 2.44 bits per heavy atom. The van der Waals surface area contributed by atoms with Gasteiger partial charge < -0.3 is 5.11 Å². The summed E-state index contributed by atoms with van der Waals surface area (Å²) in [6.45, 7) is 0. The molecule has 0 aromatic heterocycles. The van der Waals surface area contributed by atoms with Crippen LogP contribution in [0.4, 0.5) is 0 Å². The van der Waals surface area contributed by atoms with Gasteiger partial charge in [-0.15, -0.1) is 0 Å². The van der Waals surface area contributed by atoms with Crippen LogP contribution in [0.2, 0.25) is 5.02 Å². The van der Waals surface area contributed by atoms with E-state index in [0.717, 1.165) is 15.6 Å². The average molecular weight is 438 g/mol. The van der Waals surface area contributed by atoms with Crippen molar-refractivity contribution in [1.29, 1.82) is 0 Å². The third-order valence-electron chi connectivity index (χ3n) is 2.67. The van der Waals surface area contributed by atoms with Crippen molar-refractivity contribution in [2.45, 2.75) is 12.5 Å². The summed E-state index contributed by atoms with van der Waals surface area (Å²) < 4.78 is 2.00. The molecule has 0 aliphatic rings. The van der Waals surface area contributed by atoms with E-state index in [1.165, 1.54) is 3.57 Å². The lowest BCUT2D eigenvalue weighted by Gasteiger charge is -2.12. The van der Waals surface area contributed by atoms with Crippen LogP contribution in [0.15, 0.2) is 46.9 Å². The number of hydrogen-bond donors (Lipinski definition) is 1. The summed E-state index contributed by atoms with van der Waals surface area (Å²) >= 11 is 11.6. The summed E-state index contributed by atoms with van der Waals surface area (Å²) in [5.41, 5.74) is 1.99. The molecule has 0 amide bonds. The minimum atomic E-state index is -0.515. The molecular weight excluding hydrogens is 426 g/mol. The van der Waals surface area contributed by atoms with Gasteiger partial charge in [0.2, 0.25) is 0 Å². The number of aliphatic hydroxyl groups excluding tert-OH is 1. The molecular formula is C14H11BrClIO. The Kier molecular flexibility index (Phi) is 5.06. The van der Waals surface area contributed by atoms with Crippen molar-refractivity contribution in [2.24, 2.45) is 0 Å². The molecule has 0 aliphatic heterocycles. The highest BCUT2D eigenvalue weighted by molar-refractivity contribution is 14.1. The standard InChI is InChI=1S/C14H11BrClIO/c15-12-8-10(3-6-13(12)16)14(18)7-9-1-4-11(17)5-2-9/h1-6,8,14,18H,7H2. The molecule has 1 unspecified atom stereocenters. The van der Waals surface area contributed by atoms with Crippen molar-refractivity contribution in [2.75, 3.05) is 0 Å². The van der Waals surface area contributed by atoms with Gasteiger partial charge in [-0.3, -0.25) is 0 Å². The van der Waals surface area contributed by atoms with E-state index < -0.39 is 6.10 Å². The van der Waals surface area contributed by atoms with E-state index >= 15 is 0 Å². The highest BCUT2D eigenvalue weighted by Crippen LogP contribution is 2.27. The minimum Gasteiger partial charge on any atom is -0.388 e. The summed E-state index contributed by atoms with van der Waals surface area (Å²) in [5.74, 6) is 0. The van der Waals surface area contributed by atoms with E-state index in [-0.39, 0.29) is 0 Å². The van der Waals surface area contributed by atoms with E-state index in [4.69, 9.17) is 11.6 Å². The fourth-order valence-electron chi connectivity index (χ4n) is 1.68. The topological polar surface area (TPSA) is 20.2 Å². The Morgan fingerprint density at radius 2 is 1.83 bits per heavy atom. The first-order valence-electron chi connectivity index (χ1n) is 5.44. The summed E-state index contributed by atoms with van der Waals surface area (Å²) in [6.07, 6.45) is 0.0870. The summed E-state index contributed by atoms with van der Waals surface area (Å²) in [5, 5.41) is 10.8. The predicted octanol–water partition coefficient (Wildman–Crippen LogP) is 4.98. The van der Waals surface area contributed by atoms with Crippen molar-refractivity contribution in [3.8, 4) is 0 Å². The van der Waals surface area contributed by atoms with Crippen molar-refractivity contribution in [3.05, 3.63) is 66.7 Å². The maximum absolute atomic E-state index is 10.2. The van der Waals surface area contributed by atoms with Gasteiger partial charge in [0.1, 0.15) is 0 Å². The smallest absolute Gasteiger partial charge is 0.0830 e. The fraction of sp³-hybridized carbons (Fsp3) is 0.143. The molecule has 2 rings (SSSR count). The molecule has 94 valence electrons. The van der Waals surface area contributed by atoms with Gasteiger partial charge in [-0.05, 0) is 73.9 Å². The molecule has 0 saturated carbocycles. The third-order valence-corrected chi connectivity index (χ3v) is 4.60. The monoisotopic (exact) mass is 436 g/mol. The zero-order chi connectivity index (χ0) is 13.1. The number of hydrogen-bond acceptors (Lipinski definition) is 1. The quantitative estimate of drug-likeness (QED) is 0.672. The van der Waals surface area contributed by atoms with Crippen molar-refractivity contribution < 1.29 is 5.11 Å². The fourth-order valence-corrected chi connectivity index (χ4v) is 2.55. The molecule has 0 saturated heterocycles. The van der Waals surface area contributed by atoms with Gasteiger partial charge in [0.05, 0.1) is 11.1 Å². The molecule has 0 fully saturated rings. The number of halogens is 3. The largest absolute Gasteiger partial charge is 0.388 e. The van der Waals surface area contributed by atoms with Crippen LogP contribution in [0.3, 0.4) is 0 Å². The van der Waals surface area contributed by atoms with E-state index in [9.17, 15) is 5.11 Å². The van der Waals surface area contributed by atoms with Crippen LogP contribution in [-0.2, 0) is 6.42 Å². The Bertz CT molecular complexity index is 542. The van der Waals surface area contributed by atoms with Gasteiger partial charge in [0.25, 0.3) is 0 Å². The Morgan fingerprint density at radius 1 is 1.17 bits per heavy atom. The molecule has 1 atom stereocenters. The zero-order valence-electron chi connectivity index (χ0n) is 9.41. The van der Waals surface area contributed by atoms with E-state index in [1.807, 2.05) is 36.4 Å². The molecule has 0 heterocycles. The van der Waals surface area contributed by atoms with Gasteiger partial charge in [-0.25, -0.2) is 0 Å². The molecule has 0 radical (unpaired) electrons. The maximum Gasteiger partial charge on any atom is 0.0830 e. The second kappa shape index (κ2) is 6.37. The van der Waals surface area contributed by atoms with Crippen LogP contribution < -0.4 is 0 Å².